The molecule has 2 aromatic rings. The Morgan fingerprint density at radius 1 is 1.11 bits per heavy atom. The smallest absolute Gasteiger partial charge is 0.254 e. The summed E-state index contributed by atoms with van der Waals surface area (Å²) in [6.07, 6.45) is 2.51. The maximum absolute atomic E-state index is 12.8. The number of aryl methyl sites for hydroxylation is 1. The van der Waals surface area contributed by atoms with Crippen LogP contribution >= 0.6 is 0 Å². The number of hydrogen-bond acceptors (Lipinski definition) is 4. The third-order valence-corrected chi connectivity index (χ3v) is 5.55. The van der Waals surface area contributed by atoms with Crippen molar-refractivity contribution in [2.24, 2.45) is 5.92 Å². The fourth-order valence-electron chi connectivity index (χ4n) is 3.78. The Hall–Kier alpha value is -2.76. The average Bonchev–Trinajstić information content (AvgIpc) is 3.31. The number of amides is 2. The van der Waals surface area contributed by atoms with Crippen molar-refractivity contribution in [3.05, 3.63) is 53.5 Å². The molecule has 4 rings (SSSR count). The predicted molar refractivity (Wildman–Crippen MR) is 99.8 cm³/mol. The second-order valence-corrected chi connectivity index (χ2v) is 7.27. The van der Waals surface area contributed by atoms with Gasteiger partial charge < -0.3 is 19.0 Å². The van der Waals surface area contributed by atoms with Crippen molar-refractivity contribution in [2.75, 3.05) is 33.3 Å². The van der Waals surface area contributed by atoms with E-state index in [1.165, 1.54) is 0 Å². The lowest BCUT2D eigenvalue weighted by molar-refractivity contribution is -0.134. The number of methoxy groups -OCH3 is 1. The summed E-state index contributed by atoms with van der Waals surface area (Å²) >= 11 is 0. The SMILES string of the molecule is COc1cc(C(=O)N2CCN(C(=O)C3CC3c3ccco3)CC2)ccc1C. The fourth-order valence-corrected chi connectivity index (χ4v) is 3.78. The van der Waals surface area contributed by atoms with E-state index in [-0.39, 0.29) is 23.7 Å². The quantitative estimate of drug-likeness (QED) is 0.832. The summed E-state index contributed by atoms with van der Waals surface area (Å²) in [5.74, 6) is 2.02. The Bertz CT molecular complexity index is 838. The van der Waals surface area contributed by atoms with Crippen molar-refractivity contribution in [1.82, 2.24) is 9.80 Å². The van der Waals surface area contributed by atoms with E-state index in [4.69, 9.17) is 9.15 Å². The molecule has 2 aliphatic rings. The van der Waals surface area contributed by atoms with Crippen molar-refractivity contribution in [2.45, 2.75) is 19.3 Å². The van der Waals surface area contributed by atoms with E-state index in [9.17, 15) is 9.59 Å². The number of hydrogen-bond donors (Lipinski definition) is 0. The average molecular weight is 368 g/mol. The molecule has 1 aromatic carbocycles. The molecule has 2 atom stereocenters. The third-order valence-electron chi connectivity index (χ3n) is 5.55. The van der Waals surface area contributed by atoms with E-state index in [0.29, 0.717) is 37.5 Å². The predicted octanol–water partition coefficient (Wildman–Crippen LogP) is 2.68. The molecule has 0 bridgehead atoms. The van der Waals surface area contributed by atoms with Crippen LogP contribution in [0.2, 0.25) is 0 Å². The van der Waals surface area contributed by atoms with Gasteiger partial charge >= 0.3 is 0 Å². The van der Waals surface area contributed by atoms with Crippen LogP contribution in [0.15, 0.2) is 41.0 Å². The molecule has 1 aliphatic heterocycles. The molecule has 6 nitrogen and oxygen atoms in total. The lowest BCUT2D eigenvalue weighted by atomic mass is 10.1. The van der Waals surface area contributed by atoms with Crippen molar-refractivity contribution >= 4 is 11.8 Å². The van der Waals surface area contributed by atoms with E-state index in [1.54, 1.807) is 19.4 Å². The molecule has 1 aromatic heterocycles. The Balaban J connectivity index is 1.34. The van der Waals surface area contributed by atoms with Gasteiger partial charge in [-0.2, -0.15) is 0 Å². The van der Waals surface area contributed by atoms with Crippen molar-refractivity contribution in [1.29, 1.82) is 0 Å². The molecule has 2 fully saturated rings. The van der Waals surface area contributed by atoms with Gasteiger partial charge in [0.05, 0.1) is 13.4 Å². The van der Waals surface area contributed by atoms with Crippen LogP contribution in [0.1, 0.15) is 34.0 Å². The van der Waals surface area contributed by atoms with E-state index < -0.39 is 0 Å². The number of carbonyl (C=O) groups excluding carboxylic acids is 2. The zero-order valence-electron chi connectivity index (χ0n) is 15.7. The van der Waals surface area contributed by atoms with Gasteiger partial charge in [-0.1, -0.05) is 6.07 Å². The largest absolute Gasteiger partial charge is 0.496 e. The Morgan fingerprint density at radius 3 is 2.52 bits per heavy atom. The molecule has 142 valence electrons. The molecule has 1 saturated heterocycles. The second kappa shape index (κ2) is 7.10. The van der Waals surface area contributed by atoms with Crippen LogP contribution in [0.5, 0.6) is 5.75 Å². The standard InChI is InChI=1S/C21H24N2O4/c1-14-5-6-15(12-19(14)26-2)20(24)22-7-9-23(10-8-22)21(25)17-13-16(17)18-4-3-11-27-18/h3-6,11-12,16-17H,7-10,13H2,1-2H3. The number of nitrogens with zero attached hydrogens (tertiary/aromatic N) is 2. The monoisotopic (exact) mass is 368 g/mol. The number of piperazine rings is 1. The number of rotatable bonds is 4. The molecular formula is C21H24N2O4. The lowest BCUT2D eigenvalue weighted by Crippen LogP contribution is -2.51. The maximum Gasteiger partial charge on any atom is 0.254 e. The highest BCUT2D eigenvalue weighted by molar-refractivity contribution is 5.95. The van der Waals surface area contributed by atoms with Gasteiger partial charge in [0.15, 0.2) is 0 Å². The van der Waals surface area contributed by atoms with Crippen LogP contribution in [0.4, 0.5) is 0 Å². The first kappa shape index (κ1) is 17.6. The van der Waals surface area contributed by atoms with Gasteiger partial charge in [-0.05, 0) is 43.2 Å². The number of benzene rings is 1. The minimum absolute atomic E-state index is 0.0136. The van der Waals surface area contributed by atoms with Crippen LogP contribution in [0.3, 0.4) is 0 Å². The topological polar surface area (TPSA) is 63.0 Å². The molecule has 27 heavy (non-hydrogen) atoms. The van der Waals surface area contributed by atoms with Gasteiger partial charge in [0.25, 0.3) is 5.91 Å². The van der Waals surface area contributed by atoms with E-state index >= 15 is 0 Å². The molecule has 2 heterocycles. The zero-order chi connectivity index (χ0) is 19.0. The molecule has 1 saturated carbocycles. The maximum atomic E-state index is 12.8. The number of carbonyl (C=O) groups is 2. The first-order valence-corrected chi connectivity index (χ1v) is 9.34. The number of furan rings is 1. The van der Waals surface area contributed by atoms with Crippen LogP contribution in [0, 0.1) is 12.8 Å². The molecule has 6 heteroatoms. The molecule has 0 radical (unpaired) electrons. The molecule has 2 unspecified atom stereocenters. The molecule has 0 spiro atoms. The lowest BCUT2D eigenvalue weighted by Gasteiger charge is -2.35. The highest BCUT2D eigenvalue weighted by Crippen LogP contribution is 2.48. The van der Waals surface area contributed by atoms with Gasteiger partial charge in [0.2, 0.25) is 5.91 Å². The van der Waals surface area contributed by atoms with E-state index in [2.05, 4.69) is 0 Å². The zero-order valence-corrected chi connectivity index (χ0v) is 15.7. The summed E-state index contributed by atoms with van der Waals surface area (Å²) in [5, 5.41) is 0. The van der Waals surface area contributed by atoms with Crippen LogP contribution in [-0.4, -0.2) is 54.9 Å². The summed E-state index contributed by atoms with van der Waals surface area (Å²) in [4.78, 5) is 29.2. The summed E-state index contributed by atoms with van der Waals surface area (Å²) in [6, 6.07) is 9.31. The fraction of sp³-hybridized carbons (Fsp3) is 0.429. The summed E-state index contributed by atoms with van der Waals surface area (Å²) in [7, 11) is 1.61. The Labute approximate surface area is 158 Å². The van der Waals surface area contributed by atoms with E-state index in [0.717, 1.165) is 17.7 Å². The van der Waals surface area contributed by atoms with Gasteiger partial charge in [-0.15, -0.1) is 0 Å². The molecule has 0 N–H and O–H groups in total. The normalized spacial score (nSPS) is 21.9. The highest BCUT2D eigenvalue weighted by atomic mass is 16.5. The van der Waals surface area contributed by atoms with E-state index in [1.807, 2.05) is 41.0 Å². The summed E-state index contributed by atoms with van der Waals surface area (Å²) in [6.45, 7) is 4.22. The van der Waals surface area contributed by atoms with Crippen molar-refractivity contribution < 1.29 is 18.7 Å². The Kier molecular flexibility index (Phi) is 4.64. The Morgan fingerprint density at radius 2 is 1.85 bits per heavy atom. The van der Waals surface area contributed by atoms with Crippen molar-refractivity contribution in [3.63, 3.8) is 0 Å². The molecular weight excluding hydrogens is 344 g/mol. The van der Waals surface area contributed by atoms with Crippen LogP contribution in [0.25, 0.3) is 0 Å². The minimum Gasteiger partial charge on any atom is -0.496 e. The third kappa shape index (κ3) is 3.44. The summed E-state index contributed by atoms with van der Waals surface area (Å²) < 4.78 is 10.7. The first-order chi connectivity index (χ1) is 13.1. The molecule has 2 amide bonds. The van der Waals surface area contributed by atoms with Crippen LogP contribution in [-0.2, 0) is 4.79 Å². The summed E-state index contributed by atoms with van der Waals surface area (Å²) in [5.41, 5.74) is 1.62. The van der Waals surface area contributed by atoms with Crippen molar-refractivity contribution in [3.8, 4) is 5.75 Å². The van der Waals surface area contributed by atoms with Crippen LogP contribution < -0.4 is 4.74 Å². The van der Waals surface area contributed by atoms with Gasteiger partial charge in [-0.3, -0.25) is 9.59 Å². The highest BCUT2D eigenvalue weighted by Gasteiger charge is 2.47. The van der Waals surface area contributed by atoms with Gasteiger partial charge in [-0.25, -0.2) is 0 Å². The minimum atomic E-state index is -0.0136. The second-order valence-electron chi connectivity index (χ2n) is 7.27. The van der Waals surface area contributed by atoms with Gasteiger partial charge in [0.1, 0.15) is 11.5 Å². The molecule has 1 aliphatic carbocycles. The first-order valence-electron chi connectivity index (χ1n) is 9.34. The van der Waals surface area contributed by atoms with Gasteiger partial charge in [0, 0.05) is 43.6 Å². The number of ether oxygens (including phenoxy) is 1.